The van der Waals surface area contributed by atoms with E-state index in [4.69, 9.17) is 0 Å². The van der Waals surface area contributed by atoms with Gasteiger partial charge in [0.05, 0.1) is 37.3 Å². The Morgan fingerprint density at radius 1 is 1.03 bits per heavy atom. The highest BCUT2D eigenvalue weighted by molar-refractivity contribution is 9.10. The van der Waals surface area contributed by atoms with Gasteiger partial charge >= 0.3 is 0 Å². The number of piperazine rings is 1. The zero-order chi connectivity index (χ0) is 22.6. The third kappa shape index (κ3) is 5.24. The second kappa shape index (κ2) is 9.91. The van der Waals surface area contributed by atoms with E-state index in [1.54, 1.807) is 30.5 Å². The van der Waals surface area contributed by atoms with Crippen LogP contribution in [0, 0.1) is 0 Å². The predicted octanol–water partition coefficient (Wildman–Crippen LogP) is 1.64. The molecule has 1 saturated heterocycles. The summed E-state index contributed by atoms with van der Waals surface area (Å²) in [6.07, 6.45) is 1.65. The van der Waals surface area contributed by atoms with E-state index in [9.17, 15) is 13.2 Å². The van der Waals surface area contributed by atoms with Gasteiger partial charge in [0, 0.05) is 10.0 Å². The maximum atomic E-state index is 12.8. The maximum Gasteiger partial charge on any atom is 0.295 e. The second-order valence-corrected chi connectivity index (χ2v) is 10.5. The first-order valence-corrected chi connectivity index (χ1v) is 12.6. The van der Waals surface area contributed by atoms with Crippen molar-refractivity contribution < 1.29 is 18.1 Å². The molecule has 9 heteroatoms. The number of amides is 1. The molecule has 1 amide bonds. The summed E-state index contributed by atoms with van der Waals surface area (Å²) >= 11 is 3.32. The first-order chi connectivity index (χ1) is 15.4. The number of fused-ring (bicyclic) bond motifs is 1. The van der Waals surface area contributed by atoms with Gasteiger partial charge in [-0.25, -0.2) is 13.8 Å². The predicted molar refractivity (Wildman–Crippen MR) is 128 cm³/mol. The first kappa shape index (κ1) is 22.6. The van der Waals surface area contributed by atoms with Gasteiger partial charge in [-0.2, -0.15) is 9.41 Å². The molecule has 1 fully saturated rings. The normalized spacial score (nSPS) is 15.9. The van der Waals surface area contributed by atoms with Crippen molar-refractivity contribution in [2.45, 2.75) is 4.90 Å². The Balaban J connectivity index is 1.29. The molecule has 7 nitrogen and oxygen atoms in total. The molecule has 3 aromatic rings. The average Bonchev–Trinajstić information content (AvgIpc) is 2.80. The zero-order valence-electron chi connectivity index (χ0n) is 17.4. The molecule has 1 aliphatic heterocycles. The van der Waals surface area contributed by atoms with Gasteiger partial charge in [-0.3, -0.25) is 4.79 Å². The third-order valence-electron chi connectivity index (χ3n) is 5.51. The van der Waals surface area contributed by atoms with Crippen LogP contribution in [0.3, 0.4) is 0 Å². The van der Waals surface area contributed by atoms with E-state index < -0.39 is 10.0 Å². The maximum absolute atomic E-state index is 12.8. The van der Waals surface area contributed by atoms with E-state index in [0.29, 0.717) is 26.2 Å². The number of benzene rings is 3. The summed E-state index contributed by atoms with van der Waals surface area (Å²) in [4.78, 5) is 13.6. The summed E-state index contributed by atoms with van der Waals surface area (Å²) in [7, 11) is -3.52. The molecule has 166 valence electrons. The van der Waals surface area contributed by atoms with E-state index in [1.165, 1.54) is 4.31 Å². The number of nitrogens with one attached hydrogen (secondary N) is 2. The van der Waals surface area contributed by atoms with Crippen molar-refractivity contribution in [1.82, 2.24) is 9.73 Å². The highest BCUT2D eigenvalue weighted by Gasteiger charge is 2.31. The number of sulfonamides is 1. The van der Waals surface area contributed by atoms with Crippen molar-refractivity contribution in [2.24, 2.45) is 5.10 Å². The molecule has 0 saturated carbocycles. The van der Waals surface area contributed by atoms with Gasteiger partial charge in [-0.15, -0.1) is 0 Å². The van der Waals surface area contributed by atoms with E-state index in [1.807, 2.05) is 42.5 Å². The lowest BCUT2D eigenvalue weighted by molar-refractivity contribution is -0.895. The molecular formula is C23H24BrN4O3S+. The fourth-order valence-corrected chi connectivity index (χ4v) is 5.48. The van der Waals surface area contributed by atoms with Crippen molar-refractivity contribution in [3.63, 3.8) is 0 Å². The van der Waals surface area contributed by atoms with Gasteiger partial charge in [-0.05, 0) is 35.0 Å². The average molecular weight is 516 g/mol. The molecule has 0 bridgehead atoms. The molecule has 3 aromatic carbocycles. The highest BCUT2D eigenvalue weighted by atomic mass is 79.9. The topological polar surface area (TPSA) is 83.3 Å². The quantitative estimate of drug-likeness (QED) is 0.386. The van der Waals surface area contributed by atoms with Crippen LogP contribution in [-0.2, 0) is 14.8 Å². The first-order valence-electron chi connectivity index (χ1n) is 10.3. The molecule has 4 rings (SSSR count). The number of halogens is 1. The van der Waals surface area contributed by atoms with Crippen LogP contribution >= 0.6 is 15.9 Å². The van der Waals surface area contributed by atoms with Gasteiger partial charge in [0.1, 0.15) is 0 Å². The lowest BCUT2D eigenvalue weighted by Crippen LogP contribution is -3.15. The fraction of sp³-hybridized carbons (Fsp3) is 0.217. The minimum Gasteiger partial charge on any atom is -0.325 e. The zero-order valence-corrected chi connectivity index (χ0v) is 19.8. The lowest BCUT2D eigenvalue weighted by Gasteiger charge is -2.31. The highest BCUT2D eigenvalue weighted by Crippen LogP contribution is 2.19. The van der Waals surface area contributed by atoms with Crippen LogP contribution in [-0.4, -0.2) is 57.6 Å². The van der Waals surface area contributed by atoms with Crippen LogP contribution in [0.4, 0.5) is 0 Å². The monoisotopic (exact) mass is 515 g/mol. The van der Waals surface area contributed by atoms with Gasteiger partial charge < -0.3 is 4.90 Å². The third-order valence-corrected chi connectivity index (χ3v) is 7.95. The van der Waals surface area contributed by atoms with Crippen LogP contribution in [0.2, 0.25) is 0 Å². The van der Waals surface area contributed by atoms with Crippen molar-refractivity contribution in [3.8, 4) is 0 Å². The van der Waals surface area contributed by atoms with Gasteiger partial charge in [0.25, 0.3) is 5.91 Å². The summed E-state index contributed by atoms with van der Waals surface area (Å²) in [5, 5.41) is 6.30. The minimum atomic E-state index is -3.52. The molecule has 1 aliphatic rings. The largest absolute Gasteiger partial charge is 0.325 e. The number of hydrogen-bond acceptors (Lipinski definition) is 4. The van der Waals surface area contributed by atoms with Gasteiger partial charge in [0.15, 0.2) is 6.54 Å². The number of carbonyl (C=O) groups excluding carboxylic acids is 1. The summed E-state index contributed by atoms with van der Waals surface area (Å²) in [6, 6.07) is 20.6. The van der Waals surface area contributed by atoms with Crippen LogP contribution in [0.5, 0.6) is 0 Å². The van der Waals surface area contributed by atoms with Crippen molar-refractivity contribution in [3.05, 3.63) is 76.8 Å². The summed E-state index contributed by atoms with van der Waals surface area (Å²) in [5.74, 6) is -0.194. The number of rotatable bonds is 6. The number of carbonyl (C=O) groups is 1. The molecule has 0 aliphatic carbocycles. The second-order valence-electron chi connectivity index (χ2n) is 7.65. The molecular weight excluding hydrogens is 492 g/mol. The molecule has 0 spiro atoms. The Hall–Kier alpha value is -2.59. The lowest BCUT2D eigenvalue weighted by atomic mass is 10.1. The minimum absolute atomic E-state index is 0.194. The molecule has 1 heterocycles. The van der Waals surface area contributed by atoms with E-state index >= 15 is 0 Å². The van der Waals surface area contributed by atoms with E-state index in [0.717, 1.165) is 25.7 Å². The number of hydrazone groups is 1. The van der Waals surface area contributed by atoms with Crippen molar-refractivity contribution in [2.75, 3.05) is 32.7 Å². The Labute approximate surface area is 195 Å². The Morgan fingerprint density at radius 2 is 1.72 bits per heavy atom. The van der Waals surface area contributed by atoms with Crippen LogP contribution in [0.25, 0.3) is 10.8 Å². The Morgan fingerprint density at radius 3 is 2.47 bits per heavy atom. The summed E-state index contributed by atoms with van der Waals surface area (Å²) < 4.78 is 27.9. The van der Waals surface area contributed by atoms with Crippen LogP contribution in [0.1, 0.15) is 5.56 Å². The van der Waals surface area contributed by atoms with Crippen molar-refractivity contribution >= 4 is 48.8 Å². The molecule has 0 radical (unpaired) electrons. The molecule has 0 aromatic heterocycles. The molecule has 0 unspecified atom stereocenters. The van der Waals surface area contributed by atoms with Crippen LogP contribution in [0.15, 0.2) is 81.2 Å². The summed E-state index contributed by atoms with van der Waals surface area (Å²) in [5.41, 5.74) is 3.52. The summed E-state index contributed by atoms with van der Waals surface area (Å²) in [6.45, 7) is 2.13. The number of nitrogens with zero attached hydrogens (tertiary/aromatic N) is 2. The SMILES string of the molecule is O=C(C[NH+]1CCN(S(=O)(=O)c2ccc(Br)cc2)CC1)N/N=C\c1cccc2ccccc12. The fourth-order valence-electron chi connectivity index (χ4n) is 3.78. The smallest absolute Gasteiger partial charge is 0.295 e. The van der Waals surface area contributed by atoms with Gasteiger partial charge in [0.2, 0.25) is 10.0 Å². The number of hydrogen-bond donors (Lipinski definition) is 2. The molecule has 32 heavy (non-hydrogen) atoms. The van der Waals surface area contributed by atoms with Gasteiger partial charge in [-0.1, -0.05) is 58.4 Å². The molecule has 2 N–H and O–H groups in total. The standard InChI is InChI=1S/C23H23BrN4O3S/c24-20-8-10-21(11-9-20)32(30,31)28-14-12-27(13-15-28)17-23(29)26-25-16-19-6-3-5-18-4-1-2-7-22(18)19/h1-11,16H,12-15,17H2,(H,26,29)/p+1/b25-16-. The number of quaternary nitrogens is 1. The molecule has 0 atom stereocenters. The van der Waals surface area contributed by atoms with E-state index in [2.05, 4.69) is 26.5 Å². The van der Waals surface area contributed by atoms with Crippen LogP contribution < -0.4 is 10.3 Å². The van der Waals surface area contributed by atoms with E-state index in [-0.39, 0.29) is 17.3 Å². The Kier molecular flexibility index (Phi) is 7.00. The Bertz CT molecular complexity index is 1230. The van der Waals surface area contributed by atoms with Crippen molar-refractivity contribution in [1.29, 1.82) is 0 Å².